The number of fused-ring (bicyclic) bond motifs is 1. The fraction of sp³-hybridized carbons (Fsp3) is 0.360. The van der Waals surface area contributed by atoms with Crippen LogP contribution in [-0.2, 0) is 4.79 Å². The Hall–Kier alpha value is -3.49. The summed E-state index contributed by atoms with van der Waals surface area (Å²) in [5.74, 6) is -3.37. The van der Waals surface area contributed by atoms with Crippen LogP contribution in [0.3, 0.4) is 0 Å². The number of ether oxygens (including phenoxy) is 2. The maximum absolute atomic E-state index is 14.7. The molecule has 1 aliphatic rings. The van der Waals surface area contributed by atoms with Gasteiger partial charge in [-0.3, -0.25) is 14.2 Å². The molecule has 6 nitrogen and oxygen atoms in total. The van der Waals surface area contributed by atoms with Crippen molar-refractivity contribution >= 4 is 22.8 Å². The number of aliphatic carboxylic acids is 1. The minimum Gasteiger partial charge on any atom is -0.494 e. The first kappa shape index (κ1) is 23.7. The van der Waals surface area contributed by atoms with Crippen LogP contribution in [0.25, 0.3) is 10.9 Å². The molecule has 1 heterocycles. The van der Waals surface area contributed by atoms with Crippen LogP contribution < -0.4 is 9.47 Å². The van der Waals surface area contributed by atoms with Crippen LogP contribution in [0.15, 0.2) is 36.4 Å². The van der Waals surface area contributed by atoms with E-state index in [1.165, 1.54) is 42.0 Å². The fourth-order valence-corrected chi connectivity index (χ4v) is 5.01. The quantitative estimate of drug-likeness (QED) is 0.471. The topological polar surface area (TPSA) is 77.8 Å². The van der Waals surface area contributed by atoms with Crippen LogP contribution in [0.5, 0.6) is 11.5 Å². The lowest BCUT2D eigenvalue weighted by molar-refractivity contribution is -0.140. The molecule has 0 amide bonds. The first-order valence-corrected chi connectivity index (χ1v) is 10.9. The van der Waals surface area contributed by atoms with Crippen molar-refractivity contribution in [3.05, 3.63) is 59.0 Å². The van der Waals surface area contributed by atoms with Gasteiger partial charge in [0.15, 0.2) is 11.6 Å². The number of carboxylic acid groups (broad SMARTS) is 1. The van der Waals surface area contributed by atoms with Crippen LogP contribution in [-0.4, -0.2) is 35.3 Å². The van der Waals surface area contributed by atoms with Crippen molar-refractivity contribution in [3.8, 4) is 11.5 Å². The van der Waals surface area contributed by atoms with Gasteiger partial charge in [-0.25, -0.2) is 4.39 Å². The van der Waals surface area contributed by atoms with Crippen molar-refractivity contribution in [2.75, 3.05) is 7.11 Å². The Labute approximate surface area is 193 Å². The zero-order valence-electron chi connectivity index (χ0n) is 18.7. The van der Waals surface area contributed by atoms with Crippen molar-refractivity contribution < 1.29 is 37.3 Å². The zero-order chi connectivity index (χ0) is 24.6. The molecule has 1 fully saturated rings. The summed E-state index contributed by atoms with van der Waals surface area (Å²) in [7, 11) is 1.31. The smallest absolute Gasteiger partial charge is 0.387 e. The predicted molar refractivity (Wildman–Crippen MR) is 118 cm³/mol. The number of rotatable bonds is 7. The summed E-state index contributed by atoms with van der Waals surface area (Å²) in [5, 5.41) is 10.6. The molecule has 1 saturated carbocycles. The number of methoxy groups -OCH3 is 1. The summed E-state index contributed by atoms with van der Waals surface area (Å²) in [6, 6.07) is 7.73. The van der Waals surface area contributed by atoms with Crippen LogP contribution in [0.4, 0.5) is 13.2 Å². The van der Waals surface area contributed by atoms with E-state index in [1.54, 1.807) is 6.92 Å². The average Bonchev–Trinajstić information content (AvgIpc) is 3.40. The molecule has 180 valence electrons. The third-order valence-corrected chi connectivity index (χ3v) is 6.50. The number of halogens is 3. The number of aromatic nitrogens is 1. The SMILES string of the molecule is COc1cc2c(C(C(=O)O)C3CCCC3)c(C)n(C(=O)c3ccc(OC(F)F)cc3)c2cc1F. The highest BCUT2D eigenvalue weighted by Crippen LogP contribution is 2.43. The molecule has 2 aromatic carbocycles. The molecule has 0 aliphatic heterocycles. The van der Waals surface area contributed by atoms with E-state index < -0.39 is 30.2 Å². The molecule has 1 aliphatic carbocycles. The van der Waals surface area contributed by atoms with E-state index in [9.17, 15) is 27.9 Å². The van der Waals surface area contributed by atoms with Gasteiger partial charge >= 0.3 is 12.6 Å². The lowest BCUT2D eigenvalue weighted by atomic mass is 9.83. The van der Waals surface area contributed by atoms with Crippen LogP contribution in [0.2, 0.25) is 0 Å². The Morgan fingerprint density at radius 2 is 1.76 bits per heavy atom. The largest absolute Gasteiger partial charge is 0.494 e. The van der Waals surface area contributed by atoms with E-state index in [0.717, 1.165) is 31.7 Å². The Morgan fingerprint density at radius 3 is 2.32 bits per heavy atom. The molecule has 1 unspecified atom stereocenters. The number of carbonyl (C=O) groups excluding carboxylic acids is 1. The van der Waals surface area contributed by atoms with Gasteiger partial charge in [-0.15, -0.1) is 0 Å². The minimum atomic E-state index is -3.00. The third-order valence-electron chi connectivity index (χ3n) is 6.50. The van der Waals surface area contributed by atoms with Gasteiger partial charge < -0.3 is 14.6 Å². The van der Waals surface area contributed by atoms with Gasteiger partial charge in [0.2, 0.25) is 0 Å². The highest BCUT2D eigenvalue weighted by atomic mass is 19.3. The maximum atomic E-state index is 14.7. The van der Waals surface area contributed by atoms with E-state index >= 15 is 0 Å². The third kappa shape index (κ3) is 4.22. The normalized spacial score (nSPS) is 15.1. The van der Waals surface area contributed by atoms with E-state index in [4.69, 9.17) is 4.74 Å². The molecule has 4 rings (SSSR count). The first-order chi connectivity index (χ1) is 16.2. The molecular weight excluding hydrogens is 451 g/mol. The summed E-state index contributed by atoms with van der Waals surface area (Å²) in [6.07, 6.45) is 3.36. The lowest BCUT2D eigenvalue weighted by Gasteiger charge is -2.20. The van der Waals surface area contributed by atoms with Gasteiger partial charge in [0, 0.05) is 22.7 Å². The molecule has 1 N–H and O–H groups in total. The Kier molecular flexibility index (Phi) is 6.54. The molecule has 0 bridgehead atoms. The van der Waals surface area contributed by atoms with Crippen LogP contribution in [0.1, 0.15) is 53.2 Å². The second kappa shape index (κ2) is 9.40. The summed E-state index contributed by atoms with van der Waals surface area (Å²) in [5.41, 5.74) is 1.21. The Bertz CT molecular complexity index is 1230. The maximum Gasteiger partial charge on any atom is 0.387 e. The van der Waals surface area contributed by atoms with Gasteiger partial charge in [-0.1, -0.05) is 12.8 Å². The van der Waals surface area contributed by atoms with Crippen LogP contribution in [0, 0.1) is 18.7 Å². The highest BCUT2D eigenvalue weighted by Gasteiger charge is 2.37. The first-order valence-electron chi connectivity index (χ1n) is 10.9. The Morgan fingerprint density at radius 1 is 1.12 bits per heavy atom. The number of hydrogen-bond acceptors (Lipinski definition) is 4. The molecule has 1 atom stereocenters. The summed E-state index contributed by atoms with van der Waals surface area (Å²) < 4.78 is 50.3. The molecular formula is C25H24F3NO5. The number of alkyl halides is 2. The minimum absolute atomic E-state index is 0.0533. The van der Waals surface area contributed by atoms with Crippen molar-refractivity contribution in [2.45, 2.75) is 45.1 Å². The van der Waals surface area contributed by atoms with Gasteiger partial charge in [-0.05, 0) is 61.6 Å². The van der Waals surface area contributed by atoms with Crippen LogP contribution >= 0.6 is 0 Å². The fourth-order valence-electron chi connectivity index (χ4n) is 5.01. The van der Waals surface area contributed by atoms with E-state index in [-0.39, 0.29) is 28.5 Å². The number of carboxylic acids is 1. The van der Waals surface area contributed by atoms with Gasteiger partial charge in [0.25, 0.3) is 5.91 Å². The van der Waals surface area contributed by atoms with Gasteiger partial charge in [0.1, 0.15) is 5.75 Å². The Balaban J connectivity index is 1.90. The van der Waals surface area contributed by atoms with E-state index in [0.29, 0.717) is 16.6 Å². The summed E-state index contributed by atoms with van der Waals surface area (Å²) in [4.78, 5) is 25.9. The standard InChI is InChI=1S/C25H24F3NO5/c1-13-21(22(24(31)32)14-5-3-4-6-14)17-11-20(33-2)18(26)12-19(17)29(13)23(30)15-7-9-16(10-8-15)34-25(27)28/h7-12,14,22,25H,3-6H2,1-2H3,(H,31,32). The number of benzene rings is 2. The van der Waals surface area contributed by atoms with E-state index in [1.807, 2.05) is 0 Å². The summed E-state index contributed by atoms with van der Waals surface area (Å²) >= 11 is 0. The van der Waals surface area contributed by atoms with Crippen molar-refractivity contribution in [3.63, 3.8) is 0 Å². The lowest BCUT2D eigenvalue weighted by Crippen LogP contribution is -2.21. The van der Waals surface area contributed by atoms with Crippen molar-refractivity contribution in [1.29, 1.82) is 0 Å². The highest BCUT2D eigenvalue weighted by molar-refractivity contribution is 6.05. The van der Waals surface area contributed by atoms with E-state index in [2.05, 4.69) is 4.74 Å². The monoisotopic (exact) mass is 475 g/mol. The molecule has 0 radical (unpaired) electrons. The number of carbonyl (C=O) groups is 2. The van der Waals surface area contributed by atoms with Crippen molar-refractivity contribution in [1.82, 2.24) is 4.57 Å². The second-order valence-corrected chi connectivity index (χ2v) is 8.41. The molecule has 9 heteroatoms. The summed E-state index contributed by atoms with van der Waals surface area (Å²) in [6.45, 7) is -1.36. The molecule has 1 aromatic heterocycles. The van der Waals surface area contributed by atoms with Gasteiger partial charge in [-0.2, -0.15) is 8.78 Å². The van der Waals surface area contributed by atoms with Gasteiger partial charge in [0.05, 0.1) is 18.5 Å². The van der Waals surface area contributed by atoms with Crippen molar-refractivity contribution in [2.24, 2.45) is 5.92 Å². The average molecular weight is 475 g/mol. The molecule has 0 saturated heterocycles. The molecule has 3 aromatic rings. The second-order valence-electron chi connectivity index (χ2n) is 8.41. The number of nitrogens with zero attached hydrogens (tertiary/aromatic N) is 1. The number of hydrogen-bond donors (Lipinski definition) is 1. The molecule has 0 spiro atoms. The molecule has 34 heavy (non-hydrogen) atoms. The zero-order valence-corrected chi connectivity index (χ0v) is 18.7. The predicted octanol–water partition coefficient (Wildman–Crippen LogP) is 5.75.